The molecule has 0 saturated carbocycles. The van der Waals surface area contributed by atoms with Crippen molar-refractivity contribution in [1.82, 2.24) is 20.2 Å². The number of carbonyl (C=O) groups excluding carboxylic acids is 2. The maximum atomic E-state index is 13.9. The topological polar surface area (TPSA) is 114 Å². The highest BCUT2D eigenvalue weighted by atomic mass is 19.4. The lowest BCUT2D eigenvalue weighted by Gasteiger charge is -2.15. The van der Waals surface area contributed by atoms with Crippen LogP contribution >= 0.6 is 0 Å². The number of nitrogens with zero attached hydrogens (tertiary/aromatic N) is 3. The first kappa shape index (κ1) is 26.0. The van der Waals surface area contributed by atoms with E-state index in [0.29, 0.717) is 35.7 Å². The zero-order valence-corrected chi connectivity index (χ0v) is 20.7. The summed E-state index contributed by atoms with van der Waals surface area (Å²) in [6.07, 6.45) is 2.91. The summed E-state index contributed by atoms with van der Waals surface area (Å²) in [5.41, 5.74) is 5.81. The lowest BCUT2D eigenvalue weighted by molar-refractivity contribution is -0.136. The molecule has 5 rings (SSSR count). The van der Waals surface area contributed by atoms with Gasteiger partial charge in [0.2, 0.25) is 5.91 Å². The molecule has 0 aliphatic carbocycles. The van der Waals surface area contributed by atoms with Gasteiger partial charge in [0.15, 0.2) is 0 Å². The predicted octanol–water partition coefficient (Wildman–Crippen LogP) is 5.06. The number of likely N-dealkylation sites (tertiary alicyclic amines) is 1. The number of nitrogens with two attached hydrogens (primary N) is 1. The molecule has 0 bridgehead atoms. The van der Waals surface area contributed by atoms with Crippen molar-refractivity contribution in [2.24, 2.45) is 0 Å². The van der Waals surface area contributed by atoms with Gasteiger partial charge in [0.25, 0.3) is 5.91 Å². The van der Waals surface area contributed by atoms with Crippen LogP contribution in [0, 0.1) is 0 Å². The summed E-state index contributed by atoms with van der Waals surface area (Å²) in [6, 6.07) is 10.4. The van der Waals surface area contributed by atoms with Gasteiger partial charge in [0.1, 0.15) is 17.2 Å². The van der Waals surface area contributed by atoms with Crippen LogP contribution in [0.3, 0.4) is 0 Å². The molecular weight excluding hydrogens is 511 g/mol. The molecule has 1 aliphatic heterocycles. The first-order chi connectivity index (χ1) is 18.7. The van der Waals surface area contributed by atoms with Crippen LogP contribution in [0.2, 0.25) is 0 Å². The molecule has 2 amide bonds. The highest BCUT2D eigenvalue weighted by molar-refractivity contribution is 5.95. The van der Waals surface area contributed by atoms with E-state index in [1.165, 1.54) is 42.7 Å². The molecule has 1 saturated heterocycles. The van der Waals surface area contributed by atoms with E-state index < -0.39 is 17.6 Å². The summed E-state index contributed by atoms with van der Waals surface area (Å²) in [5.74, 6) is -0.0948. The third kappa shape index (κ3) is 5.92. The van der Waals surface area contributed by atoms with Gasteiger partial charge in [0, 0.05) is 42.5 Å². The highest BCUT2D eigenvalue weighted by Gasteiger charge is 2.35. The summed E-state index contributed by atoms with van der Waals surface area (Å²) >= 11 is 0. The van der Waals surface area contributed by atoms with Crippen LogP contribution < -0.4 is 11.1 Å². The van der Waals surface area contributed by atoms with Crippen LogP contribution in [0.1, 0.15) is 40.1 Å². The Labute approximate surface area is 221 Å². The average molecular weight is 536 g/mol. The van der Waals surface area contributed by atoms with Crippen LogP contribution in [0.15, 0.2) is 65.4 Å². The molecule has 200 valence electrons. The number of anilines is 1. The molecule has 1 aromatic carbocycles. The highest BCUT2D eigenvalue weighted by Crippen LogP contribution is 2.39. The minimum atomic E-state index is -4.69. The number of pyridine rings is 2. The molecule has 8 nitrogen and oxygen atoms in total. The summed E-state index contributed by atoms with van der Waals surface area (Å²) < 4.78 is 47.3. The number of halogens is 3. The van der Waals surface area contributed by atoms with E-state index in [2.05, 4.69) is 15.3 Å². The van der Waals surface area contributed by atoms with Gasteiger partial charge in [-0.3, -0.25) is 14.6 Å². The molecule has 39 heavy (non-hydrogen) atoms. The van der Waals surface area contributed by atoms with Crippen molar-refractivity contribution in [2.75, 3.05) is 18.8 Å². The van der Waals surface area contributed by atoms with Gasteiger partial charge in [-0.1, -0.05) is 0 Å². The van der Waals surface area contributed by atoms with E-state index in [1.54, 1.807) is 23.1 Å². The second-order valence-electron chi connectivity index (χ2n) is 9.15. The Morgan fingerprint density at radius 1 is 1.05 bits per heavy atom. The number of fused-ring (bicyclic) bond motifs is 1. The number of carbonyl (C=O) groups is 2. The quantitative estimate of drug-likeness (QED) is 0.334. The van der Waals surface area contributed by atoms with Gasteiger partial charge in [-0.25, -0.2) is 4.98 Å². The molecular formula is C28H24F3N5O3. The maximum Gasteiger partial charge on any atom is 0.420 e. The average Bonchev–Trinajstić information content (AvgIpc) is 3.60. The second-order valence-corrected chi connectivity index (χ2v) is 9.15. The normalized spacial score (nSPS) is 13.9. The predicted molar refractivity (Wildman–Crippen MR) is 139 cm³/mol. The van der Waals surface area contributed by atoms with Gasteiger partial charge in [-0.05, 0) is 66.9 Å². The number of benzene rings is 1. The van der Waals surface area contributed by atoms with E-state index in [4.69, 9.17) is 10.2 Å². The van der Waals surface area contributed by atoms with Crippen molar-refractivity contribution < 1.29 is 27.2 Å². The number of nitrogens with one attached hydrogen (secondary N) is 1. The molecule has 0 radical (unpaired) electrons. The number of furan rings is 1. The maximum absolute atomic E-state index is 13.9. The van der Waals surface area contributed by atoms with E-state index in [1.807, 2.05) is 0 Å². The SMILES string of the molecule is Nc1ccc(C=CC(=O)NCc2cc3cc(-c4ccc(C(=O)N5CCCC5)cn4)cc(C(F)(F)F)c3o2)cn1. The zero-order chi connectivity index (χ0) is 27.6. The van der Waals surface area contributed by atoms with Crippen molar-refractivity contribution in [3.63, 3.8) is 0 Å². The fraction of sp³-hybridized carbons (Fsp3) is 0.214. The molecule has 3 aromatic heterocycles. The second kappa shape index (κ2) is 10.6. The summed E-state index contributed by atoms with van der Waals surface area (Å²) in [7, 11) is 0. The first-order valence-electron chi connectivity index (χ1n) is 12.2. The van der Waals surface area contributed by atoms with E-state index in [-0.39, 0.29) is 34.7 Å². The summed E-state index contributed by atoms with van der Waals surface area (Å²) in [6.45, 7) is 1.26. The lowest BCUT2D eigenvalue weighted by Crippen LogP contribution is -2.27. The molecule has 4 heterocycles. The number of amides is 2. The molecule has 1 aliphatic rings. The zero-order valence-electron chi connectivity index (χ0n) is 20.7. The van der Waals surface area contributed by atoms with E-state index in [9.17, 15) is 22.8 Å². The standard InChI is InChI=1S/C28H24F3N5O3/c29-28(30,31)22-13-19(23-6-5-18(15-33-23)27(38)36-9-1-2-10-36)11-20-12-21(39-26(20)22)16-35-25(37)8-4-17-3-7-24(32)34-14-17/h3-8,11-15H,1-2,9-10,16H2,(H2,32,34)(H,35,37). The van der Waals surface area contributed by atoms with Crippen molar-refractivity contribution >= 4 is 34.7 Å². The largest absolute Gasteiger partial charge is 0.459 e. The number of hydrogen-bond acceptors (Lipinski definition) is 6. The molecule has 4 aromatic rings. The van der Waals surface area contributed by atoms with Gasteiger partial charge in [-0.15, -0.1) is 0 Å². The fourth-order valence-electron chi connectivity index (χ4n) is 4.37. The molecule has 0 spiro atoms. The minimum absolute atomic E-state index is 0.115. The molecule has 0 atom stereocenters. The summed E-state index contributed by atoms with van der Waals surface area (Å²) in [4.78, 5) is 34.7. The Morgan fingerprint density at radius 2 is 1.85 bits per heavy atom. The fourth-order valence-corrected chi connectivity index (χ4v) is 4.37. The van der Waals surface area contributed by atoms with Crippen LogP contribution in [0.4, 0.5) is 19.0 Å². The first-order valence-corrected chi connectivity index (χ1v) is 12.2. The Kier molecular flexibility index (Phi) is 7.05. The van der Waals surface area contributed by atoms with Gasteiger partial charge in [0.05, 0.1) is 23.4 Å². The third-order valence-electron chi connectivity index (χ3n) is 6.35. The van der Waals surface area contributed by atoms with Gasteiger partial charge < -0.3 is 20.4 Å². The van der Waals surface area contributed by atoms with Crippen molar-refractivity contribution in [2.45, 2.75) is 25.6 Å². The smallest absolute Gasteiger partial charge is 0.420 e. The lowest BCUT2D eigenvalue weighted by atomic mass is 10.0. The molecule has 1 fully saturated rings. The van der Waals surface area contributed by atoms with Crippen LogP contribution in [-0.2, 0) is 17.5 Å². The monoisotopic (exact) mass is 535 g/mol. The number of aromatic nitrogens is 2. The molecule has 3 N–H and O–H groups in total. The van der Waals surface area contributed by atoms with Gasteiger partial charge >= 0.3 is 6.18 Å². The number of rotatable bonds is 6. The Morgan fingerprint density at radius 3 is 2.51 bits per heavy atom. The van der Waals surface area contributed by atoms with E-state index in [0.717, 1.165) is 18.9 Å². The van der Waals surface area contributed by atoms with Crippen molar-refractivity contribution in [1.29, 1.82) is 0 Å². The van der Waals surface area contributed by atoms with Crippen molar-refractivity contribution in [3.05, 3.63) is 83.4 Å². The Balaban J connectivity index is 1.35. The van der Waals surface area contributed by atoms with Crippen molar-refractivity contribution in [3.8, 4) is 11.3 Å². The number of alkyl halides is 3. The molecule has 11 heteroatoms. The molecule has 0 unspecified atom stereocenters. The summed E-state index contributed by atoms with van der Waals surface area (Å²) in [5, 5.41) is 2.81. The van der Waals surface area contributed by atoms with Crippen LogP contribution in [0.5, 0.6) is 0 Å². The minimum Gasteiger partial charge on any atom is -0.459 e. The van der Waals surface area contributed by atoms with Crippen LogP contribution in [-0.4, -0.2) is 39.8 Å². The number of hydrogen-bond donors (Lipinski definition) is 2. The number of nitrogen functional groups attached to an aromatic ring is 1. The Hall–Kier alpha value is -4.67. The third-order valence-corrected chi connectivity index (χ3v) is 6.35. The van der Waals surface area contributed by atoms with Gasteiger partial charge in [-0.2, -0.15) is 13.2 Å². The van der Waals surface area contributed by atoms with E-state index >= 15 is 0 Å². The Bertz CT molecular complexity index is 1540. The van der Waals surface area contributed by atoms with Crippen LogP contribution in [0.25, 0.3) is 28.3 Å².